The van der Waals surface area contributed by atoms with Gasteiger partial charge in [0.1, 0.15) is 5.82 Å². The van der Waals surface area contributed by atoms with Gasteiger partial charge < -0.3 is 9.84 Å². The van der Waals surface area contributed by atoms with E-state index >= 15 is 0 Å². The Kier molecular flexibility index (Phi) is 6.91. The first-order valence-electron chi connectivity index (χ1n) is 9.26. The molecule has 0 aromatic carbocycles. The van der Waals surface area contributed by atoms with E-state index in [9.17, 15) is 13.2 Å². The quantitative estimate of drug-likeness (QED) is 0.772. The van der Waals surface area contributed by atoms with Crippen molar-refractivity contribution in [2.24, 2.45) is 11.8 Å². The molecule has 4 rings (SSSR count). The molecule has 0 radical (unpaired) electrons. The molecule has 0 aliphatic carbocycles. The number of carboxylic acid groups (broad SMARTS) is 1. The predicted molar refractivity (Wildman–Crippen MR) is 99.4 cm³/mol. The smallest absolute Gasteiger partial charge is 0.475 e. The number of ether oxygens (including phenoxy) is 1. The minimum atomic E-state index is -5.08. The van der Waals surface area contributed by atoms with Gasteiger partial charge in [-0.25, -0.2) is 9.78 Å². The van der Waals surface area contributed by atoms with Gasteiger partial charge in [0.2, 0.25) is 0 Å². The van der Waals surface area contributed by atoms with Crippen LogP contribution in [0.5, 0.6) is 0 Å². The van der Waals surface area contributed by atoms with Crippen LogP contribution in [0.15, 0.2) is 17.5 Å². The highest BCUT2D eigenvalue weighted by molar-refractivity contribution is 7.09. The molecule has 0 saturated carbocycles. The number of hydrogen-bond acceptors (Lipinski definition) is 6. The van der Waals surface area contributed by atoms with Crippen molar-refractivity contribution in [1.82, 2.24) is 20.1 Å². The lowest BCUT2D eigenvalue weighted by molar-refractivity contribution is -0.192. The van der Waals surface area contributed by atoms with Crippen LogP contribution in [0.25, 0.3) is 0 Å². The Bertz CT molecular complexity index is 797. The summed E-state index contributed by atoms with van der Waals surface area (Å²) >= 11 is 1.85. The Morgan fingerprint density at radius 3 is 2.83 bits per heavy atom. The maximum absolute atomic E-state index is 10.6. The highest BCUT2D eigenvalue weighted by atomic mass is 32.1. The van der Waals surface area contributed by atoms with E-state index in [0.717, 1.165) is 37.8 Å². The molecule has 2 N–H and O–H groups in total. The minimum Gasteiger partial charge on any atom is -0.475 e. The Morgan fingerprint density at radius 2 is 2.24 bits per heavy atom. The van der Waals surface area contributed by atoms with Gasteiger partial charge in [-0.2, -0.15) is 18.3 Å². The van der Waals surface area contributed by atoms with E-state index in [-0.39, 0.29) is 0 Å². The van der Waals surface area contributed by atoms with Crippen molar-refractivity contribution in [3.05, 3.63) is 34.0 Å². The highest BCUT2D eigenvalue weighted by Gasteiger charge is 2.41. The molecular weight excluding hydrogens is 409 g/mol. The van der Waals surface area contributed by atoms with E-state index in [1.165, 1.54) is 17.8 Å². The number of fused-ring (bicyclic) bond motifs is 1. The van der Waals surface area contributed by atoms with E-state index in [2.05, 4.69) is 37.6 Å². The summed E-state index contributed by atoms with van der Waals surface area (Å²) in [5.74, 6) is 0.351. The second-order valence-corrected chi connectivity index (χ2v) is 8.28. The number of likely N-dealkylation sites (tertiary alicyclic amines) is 1. The van der Waals surface area contributed by atoms with Crippen molar-refractivity contribution < 1.29 is 27.8 Å². The molecule has 7 nitrogen and oxygen atoms in total. The number of alkyl halides is 3. The summed E-state index contributed by atoms with van der Waals surface area (Å²) in [6.45, 7) is 6.25. The van der Waals surface area contributed by atoms with Crippen LogP contribution in [-0.4, -0.2) is 63.1 Å². The summed E-state index contributed by atoms with van der Waals surface area (Å²) in [4.78, 5) is 17.4. The first-order valence-corrected chi connectivity index (χ1v) is 10.1. The summed E-state index contributed by atoms with van der Waals surface area (Å²) in [5, 5.41) is 16.5. The van der Waals surface area contributed by atoms with Crippen molar-refractivity contribution in [2.45, 2.75) is 38.6 Å². The van der Waals surface area contributed by atoms with Gasteiger partial charge in [-0.15, -0.1) is 11.3 Å². The van der Waals surface area contributed by atoms with Crippen LogP contribution >= 0.6 is 11.3 Å². The SMILES string of the molecule is Cc1nc(C[C@@H]2OC[C@H]3CN(Cc4cccs4)CC[C@H]32)n[nH]1.O=C(O)C(F)(F)F. The van der Waals surface area contributed by atoms with E-state index < -0.39 is 12.1 Å². The molecule has 11 heteroatoms. The third-order valence-corrected chi connectivity index (χ3v) is 5.97. The van der Waals surface area contributed by atoms with Gasteiger partial charge in [-0.05, 0) is 37.3 Å². The van der Waals surface area contributed by atoms with Crippen LogP contribution in [0.3, 0.4) is 0 Å². The Morgan fingerprint density at radius 1 is 1.48 bits per heavy atom. The highest BCUT2D eigenvalue weighted by Crippen LogP contribution is 2.36. The van der Waals surface area contributed by atoms with Gasteiger partial charge >= 0.3 is 12.1 Å². The average molecular weight is 432 g/mol. The fraction of sp³-hybridized carbons (Fsp3) is 0.611. The van der Waals surface area contributed by atoms with Crippen LogP contribution < -0.4 is 0 Å². The molecular formula is C18H23F3N4O3S. The molecule has 2 aliphatic heterocycles. The van der Waals surface area contributed by atoms with Crippen molar-refractivity contribution in [3.63, 3.8) is 0 Å². The largest absolute Gasteiger partial charge is 0.490 e. The molecule has 160 valence electrons. The number of nitrogens with zero attached hydrogens (tertiary/aromatic N) is 3. The molecule has 0 amide bonds. The summed E-state index contributed by atoms with van der Waals surface area (Å²) in [5.41, 5.74) is 0. The molecule has 29 heavy (non-hydrogen) atoms. The van der Waals surface area contributed by atoms with Gasteiger partial charge in [-0.3, -0.25) is 10.00 Å². The molecule has 2 fully saturated rings. The van der Waals surface area contributed by atoms with E-state index in [4.69, 9.17) is 14.6 Å². The number of aryl methyl sites for hydroxylation is 1. The zero-order valence-electron chi connectivity index (χ0n) is 15.9. The lowest BCUT2D eigenvalue weighted by atomic mass is 9.83. The third kappa shape index (κ3) is 6.00. The number of aromatic amines is 1. The zero-order chi connectivity index (χ0) is 21.0. The molecule has 2 aromatic heterocycles. The Balaban J connectivity index is 0.000000298. The number of piperidine rings is 1. The number of hydrogen-bond donors (Lipinski definition) is 2. The number of halogens is 3. The van der Waals surface area contributed by atoms with E-state index in [1.54, 1.807) is 0 Å². The van der Waals surface area contributed by atoms with Gasteiger partial charge in [0, 0.05) is 30.3 Å². The number of aliphatic carboxylic acids is 1. The number of rotatable bonds is 4. The number of carboxylic acids is 1. The lowest BCUT2D eigenvalue weighted by Crippen LogP contribution is -2.41. The number of carbonyl (C=O) groups is 1. The van der Waals surface area contributed by atoms with Gasteiger partial charge in [-0.1, -0.05) is 6.07 Å². The summed E-state index contributed by atoms with van der Waals surface area (Å²) in [6.07, 6.45) is -2.72. The number of thiophene rings is 1. The summed E-state index contributed by atoms with van der Waals surface area (Å²) in [6, 6.07) is 4.37. The molecule has 2 saturated heterocycles. The van der Waals surface area contributed by atoms with Crippen LogP contribution in [-0.2, 0) is 22.5 Å². The fourth-order valence-electron chi connectivity index (χ4n) is 3.80. The molecule has 0 bridgehead atoms. The first kappa shape index (κ1) is 21.7. The number of aromatic nitrogens is 3. The lowest BCUT2D eigenvalue weighted by Gasteiger charge is -2.35. The van der Waals surface area contributed by atoms with Gasteiger partial charge in [0.05, 0.1) is 12.7 Å². The summed E-state index contributed by atoms with van der Waals surface area (Å²) in [7, 11) is 0. The van der Waals surface area contributed by atoms with Crippen molar-refractivity contribution in [2.75, 3.05) is 19.7 Å². The maximum Gasteiger partial charge on any atom is 0.490 e. The normalized spacial score (nSPS) is 24.6. The Hall–Kier alpha value is -1.98. The zero-order valence-corrected chi connectivity index (χ0v) is 16.7. The fourth-order valence-corrected chi connectivity index (χ4v) is 4.55. The second-order valence-electron chi connectivity index (χ2n) is 7.24. The standard InChI is InChI=1S/C16H22N4OS.C2HF3O2/c1-11-17-16(19-18-11)7-15-14-4-5-20(8-12(14)10-21-15)9-13-3-2-6-22-13;3-2(4,5)1(6)7/h2-3,6,12,14-15H,4-5,7-10H2,1H3,(H,17,18,19);(H,6,7)/t12-,14-,15+;/m1./s1. The predicted octanol–water partition coefficient (Wildman–Crippen LogP) is 2.89. The summed E-state index contributed by atoms with van der Waals surface area (Å²) < 4.78 is 37.8. The minimum absolute atomic E-state index is 0.295. The van der Waals surface area contributed by atoms with E-state index in [1.807, 2.05) is 18.3 Å². The monoisotopic (exact) mass is 432 g/mol. The van der Waals surface area contributed by atoms with Crippen LogP contribution in [0.2, 0.25) is 0 Å². The van der Waals surface area contributed by atoms with Gasteiger partial charge in [0.25, 0.3) is 0 Å². The molecule has 2 aliphatic rings. The van der Waals surface area contributed by atoms with Gasteiger partial charge in [0.15, 0.2) is 5.82 Å². The maximum atomic E-state index is 10.6. The second kappa shape index (κ2) is 9.23. The molecule has 0 spiro atoms. The molecule has 0 unspecified atom stereocenters. The van der Waals surface area contributed by atoms with Crippen molar-refractivity contribution in [3.8, 4) is 0 Å². The first-order chi connectivity index (χ1) is 13.7. The van der Waals surface area contributed by atoms with Crippen LogP contribution in [0, 0.1) is 18.8 Å². The Labute approximate surface area is 169 Å². The molecule has 4 heterocycles. The number of nitrogens with one attached hydrogen (secondary N) is 1. The van der Waals surface area contributed by atoms with Crippen LogP contribution in [0.1, 0.15) is 22.9 Å². The molecule has 3 atom stereocenters. The average Bonchev–Trinajstić information content (AvgIpc) is 3.38. The van der Waals surface area contributed by atoms with E-state index in [0.29, 0.717) is 17.9 Å². The number of H-pyrrole nitrogens is 1. The topological polar surface area (TPSA) is 91.3 Å². The molecule has 2 aromatic rings. The van der Waals surface area contributed by atoms with Crippen molar-refractivity contribution in [1.29, 1.82) is 0 Å². The third-order valence-electron chi connectivity index (χ3n) is 5.11. The van der Waals surface area contributed by atoms with Crippen molar-refractivity contribution >= 4 is 17.3 Å². The van der Waals surface area contributed by atoms with Crippen LogP contribution in [0.4, 0.5) is 13.2 Å².